The van der Waals surface area contributed by atoms with Crippen LogP contribution in [0.1, 0.15) is 26.3 Å². The molecule has 0 aliphatic carbocycles. The molecule has 1 aliphatic heterocycles. The predicted octanol–water partition coefficient (Wildman–Crippen LogP) is 3.03. The molecule has 1 aliphatic rings. The van der Waals surface area contributed by atoms with E-state index < -0.39 is 56.5 Å². The van der Waals surface area contributed by atoms with Gasteiger partial charge in [-0.05, 0) is 23.8 Å². The van der Waals surface area contributed by atoms with Crippen LogP contribution < -0.4 is 15.9 Å². The Morgan fingerprint density at radius 1 is 0.786 bits per heavy atom. The van der Waals surface area contributed by atoms with Gasteiger partial charge in [-0.1, -0.05) is 84.9 Å². The molecule has 10 heteroatoms. The molecular formula is C32H34NO8P. The average Bonchev–Trinajstić information content (AvgIpc) is 2.98. The molecule has 0 N–H and O–H groups in total. The van der Waals surface area contributed by atoms with Crippen LogP contribution in [-0.4, -0.2) is 68.5 Å². The highest BCUT2D eigenvalue weighted by molar-refractivity contribution is 7.80. The molecule has 4 rings (SSSR count). The van der Waals surface area contributed by atoms with E-state index in [9.17, 15) is 14.4 Å². The number of benzene rings is 3. The van der Waals surface area contributed by atoms with Crippen molar-refractivity contribution < 1.29 is 38.1 Å². The summed E-state index contributed by atoms with van der Waals surface area (Å²) in [5, 5.41) is 3.43. The zero-order valence-corrected chi connectivity index (χ0v) is 24.8. The van der Waals surface area contributed by atoms with Gasteiger partial charge in [0.15, 0.2) is 18.5 Å². The lowest BCUT2D eigenvalue weighted by atomic mass is 9.96. The third-order valence-electron chi connectivity index (χ3n) is 6.49. The second-order valence-electron chi connectivity index (χ2n) is 9.56. The van der Waals surface area contributed by atoms with E-state index in [0.29, 0.717) is 0 Å². The Morgan fingerprint density at radius 3 is 1.88 bits per heavy atom. The summed E-state index contributed by atoms with van der Waals surface area (Å²) in [6.45, 7) is 3.51. The lowest BCUT2D eigenvalue weighted by molar-refractivity contribution is -0.267. The summed E-state index contributed by atoms with van der Waals surface area (Å²) in [4.78, 5) is 40.6. The molecule has 0 amide bonds. The van der Waals surface area contributed by atoms with Crippen molar-refractivity contribution >= 4 is 48.0 Å². The number of hydrogen-bond acceptors (Lipinski definition) is 9. The Bertz CT molecular complexity index is 1340. The molecule has 0 spiro atoms. The second kappa shape index (κ2) is 14.8. The van der Waals surface area contributed by atoms with Gasteiger partial charge in [-0.2, -0.15) is 0 Å². The van der Waals surface area contributed by atoms with Gasteiger partial charge in [0.2, 0.25) is 0 Å². The van der Waals surface area contributed by atoms with E-state index in [0.717, 1.165) is 10.9 Å². The van der Waals surface area contributed by atoms with Crippen molar-refractivity contribution in [2.45, 2.75) is 51.4 Å². The van der Waals surface area contributed by atoms with Crippen LogP contribution in [0.25, 0.3) is 0 Å². The smallest absolute Gasteiger partial charge is 0.303 e. The topological polar surface area (TPSA) is 110 Å². The molecular weight excluding hydrogens is 557 g/mol. The van der Waals surface area contributed by atoms with Crippen molar-refractivity contribution in [2.24, 2.45) is 4.99 Å². The fraction of sp³-hybridized carbons (Fsp3) is 0.312. The van der Waals surface area contributed by atoms with Crippen LogP contribution in [0, 0.1) is 0 Å². The summed E-state index contributed by atoms with van der Waals surface area (Å²) in [7, 11) is 0.504. The fourth-order valence-corrected chi connectivity index (χ4v) is 7.21. The first kappa shape index (κ1) is 31.0. The lowest BCUT2D eigenvalue weighted by Gasteiger charge is -2.43. The fourth-order valence-electron chi connectivity index (χ4n) is 4.79. The summed E-state index contributed by atoms with van der Waals surface area (Å²) >= 11 is 0. The maximum atomic E-state index is 12.2. The van der Waals surface area contributed by atoms with Crippen molar-refractivity contribution in [3.05, 3.63) is 90.5 Å². The number of rotatable bonds is 10. The summed E-state index contributed by atoms with van der Waals surface area (Å²) in [5.74, 6) is -1.76. The van der Waals surface area contributed by atoms with Crippen LogP contribution in [0.5, 0.6) is 0 Å². The Hall–Kier alpha value is -3.91. The summed E-state index contributed by atoms with van der Waals surface area (Å²) < 4.78 is 28.0. The Morgan fingerprint density at radius 2 is 1.33 bits per heavy atom. The first-order valence-electron chi connectivity index (χ1n) is 13.5. The van der Waals surface area contributed by atoms with Crippen LogP contribution in [0.15, 0.2) is 89.9 Å². The third kappa shape index (κ3) is 7.88. The predicted molar refractivity (Wildman–Crippen MR) is 160 cm³/mol. The molecule has 3 aromatic carbocycles. The van der Waals surface area contributed by atoms with Crippen LogP contribution in [0.3, 0.4) is 0 Å². The van der Waals surface area contributed by atoms with Crippen molar-refractivity contribution in [3.8, 4) is 0 Å². The third-order valence-corrected chi connectivity index (χ3v) is 9.01. The normalized spacial score (nSPS) is 22.1. The molecule has 42 heavy (non-hydrogen) atoms. The maximum absolute atomic E-state index is 12.2. The van der Waals surface area contributed by atoms with E-state index in [-0.39, 0.29) is 6.61 Å². The quantitative estimate of drug-likeness (QED) is 0.153. The van der Waals surface area contributed by atoms with Crippen molar-refractivity contribution in [2.75, 3.05) is 13.7 Å². The number of nitrogens with zero attached hydrogens (tertiary/aromatic N) is 1. The van der Waals surface area contributed by atoms with Gasteiger partial charge in [-0.3, -0.25) is 19.4 Å². The van der Waals surface area contributed by atoms with Gasteiger partial charge in [-0.25, -0.2) is 0 Å². The number of carbonyl (C=O) groups is 3. The number of aliphatic imine (C=N–C) groups is 1. The number of methoxy groups -OCH3 is 1. The number of ether oxygens (including phenoxy) is 5. The number of carbonyl (C=O) groups excluding carboxylic acids is 3. The maximum Gasteiger partial charge on any atom is 0.303 e. The molecule has 1 fully saturated rings. The molecule has 9 nitrogen and oxygen atoms in total. The van der Waals surface area contributed by atoms with Gasteiger partial charge in [0, 0.05) is 39.7 Å². The Labute approximate surface area is 246 Å². The first-order valence-corrected chi connectivity index (χ1v) is 14.8. The van der Waals surface area contributed by atoms with E-state index in [4.69, 9.17) is 28.7 Å². The molecule has 0 unspecified atom stereocenters. The zero-order valence-electron chi connectivity index (χ0n) is 23.9. The molecule has 0 radical (unpaired) electrons. The van der Waals surface area contributed by atoms with Crippen LogP contribution in [0.2, 0.25) is 0 Å². The van der Waals surface area contributed by atoms with E-state index in [1.165, 1.54) is 38.5 Å². The van der Waals surface area contributed by atoms with Gasteiger partial charge < -0.3 is 23.7 Å². The molecule has 0 bridgehead atoms. The Kier molecular flexibility index (Phi) is 11.0. The summed E-state index contributed by atoms with van der Waals surface area (Å²) in [6.07, 6.45) is -2.39. The number of hydrogen-bond donors (Lipinski definition) is 0. The standard InChI is InChI=1S/C32H34NO8P/c1-21(34)38-20-27-30(39-22(2)35)31(40-23(3)36)29(32(37-4)41-27)33-19-24-13-11-12-18-28(24)42(25-14-7-5-8-15-25)26-16-9-6-10-17-26/h5-19,27,29-32H,20H2,1-4H3/t27-,29-,30-,31-,32-/m1/s1. The molecule has 5 atom stereocenters. The van der Waals surface area contributed by atoms with E-state index in [1.54, 1.807) is 6.21 Å². The van der Waals surface area contributed by atoms with Crippen LogP contribution in [0.4, 0.5) is 0 Å². The monoisotopic (exact) mass is 591 g/mol. The highest BCUT2D eigenvalue weighted by Gasteiger charge is 2.50. The van der Waals surface area contributed by atoms with Crippen molar-refractivity contribution in [1.29, 1.82) is 0 Å². The lowest BCUT2D eigenvalue weighted by Crippen LogP contribution is -2.61. The second-order valence-corrected chi connectivity index (χ2v) is 11.7. The van der Waals surface area contributed by atoms with Gasteiger partial charge in [0.25, 0.3) is 0 Å². The van der Waals surface area contributed by atoms with Gasteiger partial charge in [0.05, 0.1) is 0 Å². The van der Waals surface area contributed by atoms with Gasteiger partial charge in [0.1, 0.15) is 18.8 Å². The molecule has 0 saturated carbocycles. The minimum atomic E-state index is -1.10. The minimum absolute atomic E-state index is 0.234. The SMILES string of the molecule is CO[C@@H]1O[C@H](COC(C)=O)[C@@H](OC(C)=O)[C@H](OC(C)=O)[C@H]1N=Cc1ccccc1P(c1ccccc1)c1ccccc1. The zero-order chi connectivity index (χ0) is 30.1. The molecule has 1 heterocycles. The largest absolute Gasteiger partial charge is 0.463 e. The first-order chi connectivity index (χ1) is 20.3. The summed E-state index contributed by atoms with van der Waals surface area (Å²) in [6, 6.07) is 27.6. The van der Waals surface area contributed by atoms with Crippen LogP contribution >= 0.6 is 7.92 Å². The van der Waals surface area contributed by atoms with Crippen molar-refractivity contribution in [3.63, 3.8) is 0 Å². The van der Waals surface area contributed by atoms with E-state index >= 15 is 0 Å². The highest BCUT2D eigenvalue weighted by atomic mass is 31.1. The minimum Gasteiger partial charge on any atom is -0.463 e. The average molecular weight is 592 g/mol. The molecule has 3 aromatic rings. The number of esters is 3. The summed E-state index contributed by atoms with van der Waals surface area (Å²) in [5.41, 5.74) is 0.860. The Balaban J connectivity index is 1.75. The molecule has 0 aromatic heterocycles. The molecule has 1 saturated heterocycles. The van der Waals surface area contributed by atoms with Gasteiger partial charge in [-0.15, -0.1) is 0 Å². The van der Waals surface area contributed by atoms with Gasteiger partial charge >= 0.3 is 17.9 Å². The molecule has 220 valence electrons. The van der Waals surface area contributed by atoms with E-state index in [1.807, 2.05) is 54.6 Å². The van der Waals surface area contributed by atoms with E-state index in [2.05, 4.69) is 30.3 Å². The highest BCUT2D eigenvalue weighted by Crippen LogP contribution is 2.34. The van der Waals surface area contributed by atoms with Crippen molar-refractivity contribution in [1.82, 2.24) is 0 Å². The van der Waals surface area contributed by atoms with Crippen LogP contribution in [-0.2, 0) is 38.1 Å².